The summed E-state index contributed by atoms with van der Waals surface area (Å²) in [5.74, 6) is -1.58. The lowest BCUT2D eigenvalue weighted by atomic mass is 9.78. The highest BCUT2D eigenvalue weighted by Gasteiger charge is 2.48. The third-order valence-corrected chi connectivity index (χ3v) is 6.05. The number of aryl methyl sites for hydroxylation is 1. The van der Waals surface area contributed by atoms with E-state index in [-0.39, 0.29) is 11.3 Å². The Morgan fingerprint density at radius 1 is 1.14 bits per heavy atom. The van der Waals surface area contributed by atoms with Crippen LogP contribution in [0.3, 0.4) is 0 Å². The summed E-state index contributed by atoms with van der Waals surface area (Å²) in [5.41, 5.74) is 2.40. The van der Waals surface area contributed by atoms with Crippen LogP contribution in [0.4, 0.5) is 8.78 Å². The predicted molar refractivity (Wildman–Crippen MR) is 101 cm³/mol. The molecule has 1 aromatic carbocycles. The molecule has 2 aliphatic rings. The Hall–Kier alpha value is -2.28. The molecule has 0 unspecified atom stereocenters. The SMILES string of the molecule is CCc1cc(CN2CC[C@@]3(CCCN(Cc4ccc(F)c(F)c4)C3=O)C2)[nH]n1. The largest absolute Gasteiger partial charge is 0.338 e. The topological polar surface area (TPSA) is 52.2 Å². The van der Waals surface area contributed by atoms with Gasteiger partial charge in [-0.25, -0.2) is 8.78 Å². The quantitative estimate of drug-likeness (QED) is 0.855. The Morgan fingerprint density at radius 3 is 2.75 bits per heavy atom. The first-order valence-corrected chi connectivity index (χ1v) is 9.98. The number of halogens is 2. The number of nitrogens with zero attached hydrogens (tertiary/aromatic N) is 3. The first-order valence-electron chi connectivity index (χ1n) is 9.98. The molecule has 1 atom stereocenters. The van der Waals surface area contributed by atoms with Gasteiger partial charge in [-0.2, -0.15) is 5.10 Å². The standard InChI is InChI=1S/C21H26F2N4O/c1-2-16-11-17(25-24-16)13-26-9-7-21(14-26)6-3-8-27(20(21)28)12-15-4-5-18(22)19(23)10-15/h4-5,10-11H,2-3,6-9,12-14H2,1H3,(H,24,25)/t21-/m0/s1. The lowest BCUT2D eigenvalue weighted by molar-refractivity contribution is -0.146. The second-order valence-corrected chi connectivity index (χ2v) is 8.06. The molecule has 2 saturated heterocycles. The highest BCUT2D eigenvalue weighted by atomic mass is 19.2. The van der Waals surface area contributed by atoms with E-state index in [1.807, 2.05) is 4.90 Å². The highest BCUT2D eigenvalue weighted by Crippen LogP contribution is 2.40. The smallest absolute Gasteiger partial charge is 0.230 e. The molecule has 4 rings (SSSR count). The number of amides is 1. The number of H-pyrrole nitrogens is 1. The number of aromatic nitrogens is 2. The molecule has 1 N–H and O–H groups in total. The summed E-state index contributed by atoms with van der Waals surface area (Å²) >= 11 is 0. The number of hydrogen-bond donors (Lipinski definition) is 1. The number of likely N-dealkylation sites (tertiary alicyclic amines) is 2. The molecule has 2 fully saturated rings. The van der Waals surface area contributed by atoms with E-state index < -0.39 is 11.6 Å². The molecule has 7 heteroatoms. The van der Waals surface area contributed by atoms with Crippen molar-refractivity contribution in [2.75, 3.05) is 19.6 Å². The van der Waals surface area contributed by atoms with Crippen molar-refractivity contribution in [1.29, 1.82) is 0 Å². The molecule has 2 aromatic rings. The van der Waals surface area contributed by atoms with Gasteiger partial charge in [0.05, 0.1) is 11.1 Å². The molecular formula is C21H26F2N4O. The summed E-state index contributed by atoms with van der Waals surface area (Å²) in [5, 5.41) is 7.37. The molecule has 28 heavy (non-hydrogen) atoms. The maximum Gasteiger partial charge on any atom is 0.230 e. The van der Waals surface area contributed by atoms with Crippen molar-refractivity contribution in [2.45, 2.75) is 45.7 Å². The molecule has 1 aromatic heterocycles. The first-order chi connectivity index (χ1) is 13.5. The highest BCUT2D eigenvalue weighted by molar-refractivity contribution is 5.84. The van der Waals surface area contributed by atoms with Gasteiger partial charge in [0.25, 0.3) is 0 Å². The monoisotopic (exact) mass is 388 g/mol. The van der Waals surface area contributed by atoms with Crippen LogP contribution in [0.25, 0.3) is 0 Å². The van der Waals surface area contributed by atoms with Crippen molar-refractivity contribution < 1.29 is 13.6 Å². The van der Waals surface area contributed by atoms with E-state index in [9.17, 15) is 13.6 Å². The number of carbonyl (C=O) groups excluding carboxylic acids is 1. The Kier molecular flexibility index (Phi) is 5.19. The summed E-state index contributed by atoms with van der Waals surface area (Å²) in [4.78, 5) is 17.4. The summed E-state index contributed by atoms with van der Waals surface area (Å²) in [7, 11) is 0. The van der Waals surface area contributed by atoms with Crippen molar-refractivity contribution in [3.05, 3.63) is 52.9 Å². The van der Waals surface area contributed by atoms with Gasteiger partial charge in [0, 0.05) is 31.9 Å². The molecule has 1 spiro atoms. The van der Waals surface area contributed by atoms with E-state index in [1.54, 1.807) is 6.07 Å². The van der Waals surface area contributed by atoms with Gasteiger partial charge < -0.3 is 4.90 Å². The van der Waals surface area contributed by atoms with Gasteiger partial charge in [0.2, 0.25) is 5.91 Å². The molecule has 0 aliphatic carbocycles. The minimum absolute atomic E-state index is 0.143. The number of benzene rings is 1. The average Bonchev–Trinajstić information content (AvgIpc) is 3.30. The van der Waals surface area contributed by atoms with Crippen LogP contribution in [0.15, 0.2) is 24.3 Å². The third kappa shape index (κ3) is 3.68. The molecule has 5 nitrogen and oxygen atoms in total. The Balaban J connectivity index is 1.42. The van der Waals surface area contributed by atoms with E-state index in [2.05, 4.69) is 28.1 Å². The van der Waals surface area contributed by atoms with Gasteiger partial charge in [-0.15, -0.1) is 0 Å². The molecular weight excluding hydrogens is 362 g/mol. The van der Waals surface area contributed by atoms with Gasteiger partial charge in [-0.3, -0.25) is 14.8 Å². The van der Waals surface area contributed by atoms with Gasteiger partial charge in [-0.1, -0.05) is 13.0 Å². The van der Waals surface area contributed by atoms with Crippen LogP contribution in [0.2, 0.25) is 0 Å². The maximum atomic E-state index is 13.5. The number of rotatable bonds is 5. The molecule has 150 valence electrons. The van der Waals surface area contributed by atoms with Crippen LogP contribution in [-0.4, -0.2) is 45.5 Å². The molecule has 0 saturated carbocycles. The van der Waals surface area contributed by atoms with E-state index in [4.69, 9.17) is 0 Å². The van der Waals surface area contributed by atoms with Crippen LogP contribution >= 0.6 is 0 Å². The fourth-order valence-electron chi connectivity index (χ4n) is 4.55. The van der Waals surface area contributed by atoms with Crippen LogP contribution in [0.1, 0.15) is 43.1 Å². The Labute approximate surface area is 163 Å². The fourth-order valence-corrected chi connectivity index (χ4v) is 4.55. The van der Waals surface area contributed by atoms with Crippen molar-refractivity contribution in [1.82, 2.24) is 20.0 Å². The maximum absolute atomic E-state index is 13.5. The van der Waals surface area contributed by atoms with Crippen molar-refractivity contribution >= 4 is 5.91 Å². The minimum Gasteiger partial charge on any atom is -0.338 e. The predicted octanol–water partition coefficient (Wildman–Crippen LogP) is 3.27. The van der Waals surface area contributed by atoms with E-state index >= 15 is 0 Å². The van der Waals surface area contributed by atoms with Crippen molar-refractivity contribution in [2.24, 2.45) is 5.41 Å². The summed E-state index contributed by atoms with van der Waals surface area (Å²) < 4.78 is 26.7. The summed E-state index contributed by atoms with van der Waals surface area (Å²) in [6.07, 6.45) is 3.57. The number of nitrogens with one attached hydrogen (secondary N) is 1. The summed E-state index contributed by atoms with van der Waals surface area (Å²) in [6.45, 7) is 5.46. The average molecular weight is 388 g/mol. The zero-order valence-corrected chi connectivity index (χ0v) is 16.2. The number of piperidine rings is 1. The Bertz CT molecular complexity index is 868. The van der Waals surface area contributed by atoms with E-state index in [0.29, 0.717) is 18.7 Å². The number of carbonyl (C=O) groups is 1. The molecule has 0 bridgehead atoms. The number of aromatic amines is 1. The summed E-state index contributed by atoms with van der Waals surface area (Å²) in [6, 6.07) is 5.95. The zero-order chi connectivity index (χ0) is 19.7. The second kappa shape index (κ2) is 7.62. The molecule has 2 aliphatic heterocycles. The van der Waals surface area contributed by atoms with E-state index in [1.165, 1.54) is 6.07 Å². The fraction of sp³-hybridized carbons (Fsp3) is 0.524. The minimum atomic E-state index is -0.866. The van der Waals surface area contributed by atoms with Crippen LogP contribution in [0, 0.1) is 17.0 Å². The van der Waals surface area contributed by atoms with Crippen molar-refractivity contribution in [3.63, 3.8) is 0 Å². The molecule has 1 amide bonds. The third-order valence-electron chi connectivity index (χ3n) is 6.05. The first kappa shape index (κ1) is 19.1. The molecule has 3 heterocycles. The van der Waals surface area contributed by atoms with Gasteiger partial charge >= 0.3 is 0 Å². The Morgan fingerprint density at radius 2 is 2.00 bits per heavy atom. The lowest BCUT2D eigenvalue weighted by Gasteiger charge is -2.39. The van der Waals surface area contributed by atoms with Crippen molar-refractivity contribution in [3.8, 4) is 0 Å². The lowest BCUT2D eigenvalue weighted by Crippen LogP contribution is -2.49. The van der Waals surface area contributed by atoms with E-state index in [0.717, 1.165) is 62.8 Å². The molecule has 0 radical (unpaired) electrons. The normalized spacial score (nSPS) is 23.1. The number of hydrogen-bond acceptors (Lipinski definition) is 3. The van der Waals surface area contributed by atoms with Crippen LogP contribution in [0.5, 0.6) is 0 Å². The van der Waals surface area contributed by atoms with Crippen LogP contribution in [-0.2, 0) is 24.3 Å². The van der Waals surface area contributed by atoms with Gasteiger partial charge in [0.15, 0.2) is 11.6 Å². The van der Waals surface area contributed by atoms with Gasteiger partial charge in [-0.05, 0) is 56.0 Å². The second-order valence-electron chi connectivity index (χ2n) is 8.06. The van der Waals surface area contributed by atoms with Crippen LogP contribution < -0.4 is 0 Å². The van der Waals surface area contributed by atoms with Gasteiger partial charge in [0.1, 0.15) is 0 Å². The zero-order valence-electron chi connectivity index (χ0n) is 16.2.